The molecule has 2 N–H and O–H groups in total. The summed E-state index contributed by atoms with van der Waals surface area (Å²) >= 11 is 0. The van der Waals surface area contributed by atoms with E-state index in [0.29, 0.717) is 12.0 Å². The van der Waals surface area contributed by atoms with Crippen molar-refractivity contribution in [1.29, 1.82) is 0 Å². The zero-order valence-corrected chi connectivity index (χ0v) is 20.4. The first-order chi connectivity index (χ1) is 12.6. The summed E-state index contributed by atoms with van der Waals surface area (Å²) < 4.78 is 0. The molecule has 0 aromatic carbocycles. The molecule has 2 saturated heterocycles. The average molecular weight is 495 g/mol. The van der Waals surface area contributed by atoms with Crippen LogP contribution >= 0.6 is 24.0 Å². The summed E-state index contributed by atoms with van der Waals surface area (Å²) in [5.41, 5.74) is 0. The monoisotopic (exact) mass is 494 g/mol. The topological polar surface area (TPSA) is 46.1 Å². The van der Waals surface area contributed by atoms with E-state index < -0.39 is 0 Å². The quantitative estimate of drug-likeness (QED) is 0.307. The zero-order valence-electron chi connectivity index (χ0n) is 18.0. The van der Waals surface area contributed by atoms with E-state index in [0.717, 1.165) is 12.5 Å². The Kier molecular flexibility index (Phi) is 12.9. The van der Waals surface area contributed by atoms with Crippen molar-refractivity contribution in [3.05, 3.63) is 0 Å². The van der Waals surface area contributed by atoms with E-state index >= 15 is 0 Å². The summed E-state index contributed by atoms with van der Waals surface area (Å²) in [7, 11) is 1.89. The van der Waals surface area contributed by atoms with Gasteiger partial charge >= 0.3 is 0 Å². The van der Waals surface area contributed by atoms with Gasteiger partial charge in [0.2, 0.25) is 0 Å². The lowest BCUT2D eigenvalue weighted by atomic mass is 10.1. The number of rotatable bonds is 8. The first kappa shape index (κ1) is 24.9. The van der Waals surface area contributed by atoms with Crippen LogP contribution in [0, 0.1) is 5.92 Å². The van der Waals surface area contributed by atoms with Gasteiger partial charge in [-0.1, -0.05) is 20.8 Å². The fourth-order valence-corrected chi connectivity index (χ4v) is 4.07. The van der Waals surface area contributed by atoms with Crippen molar-refractivity contribution in [3.8, 4) is 0 Å². The van der Waals surface area contributed by atoms with Crippen LogP contribution in [-0.4, -0.2) is 99.2 Å². The second-order valence-electron chi connectivity index (χ2n) is 8.05. The number of halogens is 1. The van der Waals surface area contributed by atoms with Crippen LogP contribution in [0.15, 0.2) is 4.99 Å². The molecule has 1 unspecified atom stereocenters. The normalized spacial score (nSPS) is 22.3. The third-order valence-electron chi connectivity index (χ3n) is 5.79. The Morgan fingerprint density at radius 1 is 1.00 bits per heavy atom. The second-order valence-corrected chi connectivity index (χ2v) is 8.05. The van der Waals surface area contributed by atoms with E-state index in [2.05, 4.69) is 51.1 Å². The molecule has 2 heterocycles. The smallest absolute Gasteiger partial charge is 0.191 e. The molecule has 1 atom stereocenters. The lowest BCUT2D eigenvalue weighted by molar-refractivity contribution is 0.124. The molecule has 2 aliphatic rings. The molecule has 160 valence electrons. The van der Waals surface area contributed by atoms with Crippen molar-refractivity contribution >= 4 is 29.9 Å². The van der Waals surface area contributed by atoms with Gasteiger partial charge < -0.3 is 25.3 Å². The molecule has 0 aromatic heterocycles. The lowest BCUT2D eigenvalue weighted by Gasteiger charge is -2.35. The fourth-order valence-electron chi connectivity index (χ4n) is 4.07. The number of hydrogen-bond donors (Lipinski definition) is 2. The van der Waals surface area contributed by atoms with Gasteiger partial charge in [0.05, 0.1) is 0 Å². The third-order valence-corrected chi connectivity index (χ3v) is 5.79. The first-order valence-electron chi connectivity index (χ1n) is 10.8. The van der Waals surface area contributed by atoms with E-state index in [4.69, 9.17) is 0 Å². The Hall–Kier alpha value is -0.120. The highest BCUT2D eigenvalue weighted by Crippen LogP contribution is 2.10. The molecule has 0 amide bonds. The number of nitrogens with zero attached hydrogens (tertiary/aromatic N) is 4. The van der Waals surface area contributed by atoms with Crippen LogP contribution in [0.1, 0.15) is 40.0 Å². The van der Waals surface area contributed by atoms with Crippen molar-refractivity contribution in [2.45, 2.75) is 46.1 Å². The van der Waals surface area contributed by atoms with Crippen LogP contribution in [-0.2, 0) is 0 Å². The molecule has 2 rings (SSSR count). The maximum atomic E-state index is 4.44. The summed E-state index contributed by atoms with van der Waals surface area (Å²) in [4.78, 5) is 12.2. The van der Waals surface area contributed by atoms with Gasteiger partial charge in [0, 0.05) is 65.4 Å². The summed E-state index contributed by atoms with van der Waals surface area (Å²) in [5, 5.41) is 7.18. The van der Waals surface area contributed by atoms with Crippen LogP contribution in [0.25, 0.3) is 0 Å². The van der Waals surface area contributed by atoms with Crippen LogP contribution in [0.5, 0.6) is 0 Å². The minimum atomic E-state index is 0. The van der Waals surface area contributed by atoms with Crippen LogP contribution in [0.3, 0.4) is 0 Å². The van der Waals surface area contributed by atoms with Crippen LogP contribution in [0.2, 0.25) is 0 Å². The lowest BCUT2D eigenvalue weighted by Crippen LogP contribution is -2.50. The number of piperidine rings is 1. The molecule has 6 nitrogen and oxygen atoms in total. The van der Waals surface area contributed by atoms with Gasteiger partial charge in [-0.15, -0.1) is 24.0 Å². The van der Waals surface area contributed by atoms with E-state index in [-0.39, 0.29) is 24.0 Å². The van der Waals surface area contributed by atoms with E-state index in [9.17, 15) is 0 Å². The molecule has 7 heteroatoms. The molecule has 0 spiro atoms. The molecule has 2 fully saturated rings. The number of piperazine rings is 1. The minimum absolute atomic E-state index is 0. The maximum Gasteiger partial charge on any atom is 0.191 e. The highest BCUT2D eigenvalue weighted by molar-refractivity contribution is 14.0. The molecular formula is C20H43IN6. The van der Waals surface area contributed by atoms with Gasteiger partial charge in [-0.05, 0) is 38.3 Å². The van der Waals surface area contributed by atoms with Crippen molar-refractivity contribution in [1.82, 2.24) is 25.3 Å². The zero-order chi connectivity index (χ0) is 18.8. The molecule has 2 aliphatic heterocycles. The maximum absolute atomic E-state index is 4.44. The standard InChI is InChI=1S/C20H42N6.HI/c1-5-9-25-10-7-19(8-11-25)23-20(21-4)22-16-18(3)17-26-14-12-24(6-2)13-15-26;/h18-19H,5-17H2,1-4H3,(H2,21,22,23);1H. The molecule has 0 radical (unpaired) electrons. The number of guanidine groups is 1. The van der Waals surface area contributed by atoms with Gasteiger partial charge in [0.1, 0.15) is 0 Å². The fraction of sp³-hybridized carbons (Fsp3) is 0.950. The largest absolute Gasteiger partial charge is 0.356 e. The Morgan fingerprint density at radius 2 is 1.63 bits per heavy atom. The number of nitrogens with one attached hydrogen (secondary N) is 2. The third kappa shape index (κ3) is 9.28. The summed E-state index contributed by atoms with van der Waals surface area (Å²) in [5.74, 6) is 1.61. The SMILES string of the molecule is CCCN1CCC(NC(=NC)NCC(C)CN2CCN(CC)CC2)CC1.I. The molecule has 27 heavy (non-hydrogen) atoms. The Bertz CT molecular complexity index is 403. The first-order valence-corrected chi connectivity index (χ1v) is 10.8. The molecule has 0 aromatic rings. The van der Waals surface area contributed by atoms with Gasteiger partial charge in [-0.25, -0.2) is 0 Å². The predicted octanol–water partition coefficient (Wildman–Crippen LogP) is 1.92. The van der Waals surface area contributed by atoms with Gasteiger partial charge in [0.15, 0.2) is 5.96 Å². The van der Waals surface area contributed by atoms with Crippen molar-refractivity contribution in [3.63, 3.8) is 0 Å². The van der Waals surface area contributed by atoms with E-state index in [1.54, 1.807) is 0 Å². The number of likely N-dealkylation sites (tertiary alicyclic amines) is 1. The predicted molar refractivity (Wildman–Crippen MR) is 127 cm³/mol. The molecule has 0 bridgehead atoms. The van der Waals surface area contributed by atoms with Gasteiger partial charge in [0.25, 0.3) is 0 Å². The number of aliphatic imine (C=N–C) groups is 1. The minimum Gasteiger partial charge on any atom is -0.356 e. The van der Waals surface area contributed by atoms with Crippen LogP contribution in [0.4, 0.5) is 0 Å². The van der Waals surface area contributed by atoms with Gasteiger partial charge in [-0.3, -0.25) is 4.99 Å². The molecule has 0 aliphatic carbocycles. The Labute approximate surface area is 184 Å². The molecular weight excluding hydrogens is 451 g/mol. The Balaban J connectivity index is 0.00000364. The van der Waals surface area contributed by atoms with E-state index in [1.165, 1.54) is 78.2 Å². The number of likely N-dealkylation sites (N-methyl/N-ethyl adjacent to an activating group) is 1. The average Bonchev–Trinajstić information content (AvgIpc) is 2.67. The second kappa shape index (κ2) is 14.0. The Morgan fingerprint density at radius 3 is 2.19 bits per heavy atom. The highest BCUT2D eigenvalue weighted by atomic mass is 127. The number of hydrogen-bond acceptors (Lipinski definition) is 4. The van der Waals surface area contributed by atoms with E-state index in [1.807, 2.05) is 7.05 Å². The van der Waals surface area contributed by atoms with Crippen LogP contribution < -0.4 is 10.6 Å². The summed E-state index contributed by atoms with van der Waals surface area (Å²) in [6, 6.07) is 0.562. The van der Waals surface area contributed by atoms with Gasteiger partial charge in [-0.2, -0.15) is 0 Å². The highest BCUT2D eigenvalue weighted by Gasteiger charge is 2.20. The van der Waals surface area contributed by atoms with Crippen molar-refractivity contribution in [2.75, 3.05) is 72.5 Å². The molecule has 0 saturated carbocycles. The summed E-state index contributed by atoms with van der Waals surface area (Å²) in [6.45, 7) is 18.7. The van der Waals surface area contributed by atoms with Crippen molar-refractivity contribution < 1.29 is 0 Å². The summed E-state index contributed by atoms with van der Waals surface area (Å²) in [6.07, 6.45) is 3.70. The van der Waals surface area contributed by atoms with Crippen molar-refractivity contribution in [2.24, 2.45) is 10.9 Å².